The van der Waals surface area contributed by atoms with E-state index < -0.39 is 0 Å². The molecule has 0 spiro atoms. The molecule has 0 heterocycles. The van der Waals surface area contributed by atoms with Crippen molar-refractivity contribution in [2.75, 3.05) is 19.8 Å². The van der Waals surface area contributed by atoms with E-state index in [1.54, 1.807) is 6.26 Å². The van der Waals surface area contributed by atoms with Gasteiger partial charge >= 0.3 is 0 Å². The highest BCUT2D eigenvalue weighted by Crippen LogP contribution is 2.00. The summed E-state index contributed by atoms with van der Waals surface area (Å²) in [7, 11) is 0. The van der Waals surface area contributed by atoms with E-state index in [2.05, 4.69) is 13.8 Å². The van der Waals surface area contributed by atoms with E-state index in [-0.39, 0.29) is 0 Å². The van der Waals surface area contributed by atoms with Crippen LogP contribution in [0.3, 0.4) is 0 Å². The molecule has 0 saturated carbocycles. The minimum absolute atomic E-state index is 0.583. The van der Waals surface area contributed by atoms with Gasteiger partial charge in [0.05, 0.1) is 12.9 Å². The minimum Gasteiger partial charge on any atom is -0.499 e. The first-order valence-corrected chi connectivity index (χ1v) is 5.70. The van der Waals surface area contributed by atoms with E-state index >= 15 is 0 Å². The molecule has 1 aromatic carbocycles. The fourth-order valence-electron chi connectivity index (χ4n) is 1.18. The second-order valence-electron chi connectivity index (χ2n) is 4.05. The maximum atomic E-state index is 5.39. The summed E-state index contributed by atoms with van der Waals surface area (Å²) in [6, 6.07) is 10.1. The summed E-state index contributed by atoms with van der Waals surface area (Å²) in [5, 5.41) is 0. The molecule has 16 heavy (non-hydrogen) atoms. The molecule has 0 N–H and O–H groups in total. The summed E-state index contributed by atoms with van der Waals surface area (Å²) in [6.45, 7) is 6.32. The summed E-state index contributed by atoms with van der Waals surface area (Å²) in [4.78, 5) is 0. The largest absolute Gasteiger partial charge is 0.499 e. The van der Waals surface area contributed by atoms with Crippen LogP contribution in [0, 0.1) is 5.92 Å². The Hall–Kier alpha value is -1.28. The van der Waals surface area contributed by atoms with Gasteiger partial charge in [0.25, 0.3) is 0 Å². The molecule has 0 unspecified atom stereocenters. The molecule has 1 aromatic rings. The number of benzene rings is 1. The summed E-state index contributed by atoms with van der Waals surface area (Å²) in [6.07, 6.45) is 3.66. The molecule has 2 heteroatoms. The zero-order valence-corrected chi connectivity index (χ0v) is 10.1. The van der Waals surface area contributed by atoms with Crippen LogP contribution >= 0.6 is 0 Å². The molecule has 0 radical (unpaired) electrons. The highest BCUT2D eigenvalue weighted by molar-refractivity contribution is 5.47. The normalized spacial score (nSPS) is 11.2. The van der Waals surface area contributed by atoms with Crippen LogP contribution in [0.1, 0.15) is 19.4 Å². The van der Waals surface area contributed by atoms with Crippen molar-refractivity contribution in [2.24, 2.45) is 5.92 Å². The number of ether oxygens (including phenoxy) is 2. The van der Waals surface area contributed by atoms with Gasteiger partial charge in [0.15, 0.2) is 0 Å². The van der Waals surface area contributed by atoms with Gasteiger partial charge in [-0.2, -0.15) is 0 Å². The molecule has 0 aromatic heterocycles. The Balaban J connectivity index is 2.05. The molecule has 0 aliphatic heterocycles. The van der Waals surface area contributed by atoms with Crippen molar-refractivity contribution in [2.45, 2.75) is 13.8 Å². The van der Waals surface area contributed by atoms with Crippen molar-refractivity contribution in [3.05, 3.63) is 42.2 Å². The lowest BCUT2D eigenvalue weighted by Gasteiger charge is -2.05. The van der Waals surface area contributed by atoms with Crippen molar-refractivity contribution < 1.29 is 9.47 Å². The Morgan fingerprint density at radius 1 is 1.12 bits per heavy atom. The van der Waals surface area contributed by atoms with Gasteiger partial charge in [0.1, 0.15) is 6.61 Å². The van der Waals surface area contributed by atoms with E-state index in [0.29, 0.717) is 19.1 Å². The highest BCUT2D eigenvalue weighted by Gasteiger charge is 1.92. The molecular weight excluding hydrogens is 200 g/mol. The molecule has 1 rings (SSSR count). The van der Waals surface area contributed by atoms with Crippen molar-refractivity contribution in [3.8, 4) is 0 Å². The van der Waals surface area contributed by atoms with E-state index in [4.69, 9.17) is 9.47 Å². The zero-order valence-electron chi connectivity index (χ0n) is 10.1. The monoisotopic (exact) mass is 220 g/mol. The summed E-state index contributed by atoms with van der Waals surface area (Å²) < 4.78 is 10.7. The first kappa shape index (κ1) is 12.8. The molecule has 0 atom stereocenters. The zero-order chi connectivity index (χ0) is 11.6. The van der Waals surface area contributed by atoms with E-state index in [1.165, 1.54) is 0 Å². The fraction of sp³-hybridized carbons (Fsp3) is 0.429. The van der Waals surface area contributed by atoms with Crippen LogP contribution in [0.4, 0.5) is 0 Å². The van der Waals surface area contributed by atoms with Gasteiger partial charge in [-0.1, -0.05) is 44.2 Å². The van der Waals surface area contributed by atoms with Crippen LogP contribution in [0.5, 0.6) is 0 Å². The van der Waals surface area contributed by atoms with Crippen molar-refractivity contribution >= 4 is 6.08 Å². The van der Waals surface area contributed by atoms with Crippen LogP contribution < -0.4 is 0 Å². The molecule has 0 amide bonds. The first-order chi connectivity index (χ1) is 7.79. The summed E-state index contributed by atoms with van der Waals surface area (Å²) >= 11 is 0. The highest BCUT2D eigenvalue weighted by atomic mass is 16.5. The summed E-state index contributed by atoms with van der Waals surface area (Å²) in [5.41, 5.74) is 1.14. The molecule has 88 valence electrons. The average molecular weight is 220 g/mol. The van der Waals surface area contributed by atoms with Crippen LogP contribution in [0.15, 0.2) is 36.6 Å². The summed E-state index contributed by atoms with van der Waals surface area (Å²) in [5.74, 6) is 0.583. The molecule has 0 saturated heterocycles. The van der Waals surface area contributed by atoms with Gasteiger partial charge < -0.3 is 9.47 Å². The average Bonchev–Trinajstić information content (AvgIpc) is 2.29. The lowest BCUT2D eigenvalue weighted by atomic mass is 10.2. The van der Waals surface area contributed by atoms with Gasteiger partial charge in [-0.15, -0.1) is 0 Å². The van der Waals surface area contributed by atoms with E-state index in [1.807, 2.05) is 36.4 Å². The van der Waals surface area contributed by atoms with E-state index in [9.17, 15) is 0 Å². The fourth-order valence-corrected chi connectivity index (χ4v) is 1.18. The molecule has 0 aliphatic carbocycles. The maximum absolute atomic E-state index is 5.39. The Kier molecular flexibility index (Phi) is 6.35. The first-order valence-electron chi connectivity index (χ1n) is 5.70. The van der Waals surface area contributed by atoms with Crippen molar-refractivity contribution in [1.29, 1.82) is 0 Å². The topological polar surface area (TPSA) is 18.5 Å². The quantitative estimate of drug-likeness (QED) is 0.518. The second kappa shape index (κ2) is 7.94. The minimum atomic E-state index is 0.583. The third kappa shape index (κ3) is 6.25. The van der Waals surface area contributed by atoms with Gasteiger partial charge in [0, 0.05) is 6.61 Å². The lowest BCUT2D eigenvalue weighted by molar-refractivity contribution is 0.0696. The van der Waals surface area contributed by atoms with Gasteiger partial charge in [-0.05, 0) is 17.6 Å². The van der Waals surface area contributed by atoms with Crippen LogP contribution in [-0.4, -0.2) is 19.8 Å². The Labute approximate surface area is 97.9 Å². The van der Waals surface area contributed by atoms with Gasteiger partial charge in [0.2, 0.25) is 0 Å². The maximum Gasteiger partial charge on any atom is 0.111 e. The van der Waals surface area contributed by atoms with Crippen LogP contribution in [0.2, 0.25) is 0 Å². The second-order valence-corrected chi connectivity index (χ2v) is 4.05. The predicted molar refractivity (Wildman–Crippen MR) is 67.1 cm³/mol. The van der Waals surface area contributed by atoms with Crippen molar-refractivity contribution in [1.82, 2.24) is 0 Å². The van der Waals surface area contributed by atoms with Gasteiger partial charge in [-0.3, -0.25) is 0 Å². The smallest absolute Gasteiger partial charge is 0.111 e. The molecule has 0 aliphatic rings. The molecular formula is C14H20O2. The third-order valence-electron chi connectivity index (χ3n) is 1.95. The molecule has 0 fully saturated rings. The Morgan fingerprint density at radius 3 is 2.56 bits per heavy atom. The number of hydrogen-bond donors (Lipinski definition) is 0. The Morgan fingerprint density at radius 2 is 1.88 bits per heavy atom. The van der Waals surface area contributed by atoms with Crippen molar-refractivity contribution in [3.63, 3.8) is 0 Å². The molecule has 2 nitrogen and oxygen atoms in total. The van der Waals surface area contributed by atoms with E-state index in [0.717, 1.165) is 12.2 Å². The number of hydrogen-bond acceptors (Lipinski definition) is 2. The van der Waals surface area contributed by atoms with Crippen LogP contribution in [-0.2, 0) is 9.47 Å². The van der Waals surface area contributed by atoms with Gasteiger partial charge in [-0.25, -0.2) is 0 Å². The predicted octanol–water partition coefficient (Wildman–Crippen LogP) is 3.35. The SMILES string of the molecule is CC(C)COCCOC=Cc1ccccc1. The lowest BCUT2D eigenvalue weighted by Crippen LogP contribution is -2.06. The Bertz CT molecular complexity index is 291. The molecule has 0 bridgehead atoms. The number of rotatable bonds is 7. The third-order valence-corrected chi connectivity index (χ3v) is 1.95. The van der Waals surface area contributed by atoms with Crippen LogP contribution in [0.25, 0.3) is 6.08 Å². The standard InChI is InChI=1S/C14H20O2/c1-13(2)12-16-11-10-15-9-8-14-6-4-3-5-7-14/h3-9,13H,10-12H2,1-2H3.